The van der Waals surface area contributed by atoms with Gasteiger partial charge in [-0.1, -0.05) is 0 Å². The first-order valence-electron chi connectivity index (χ1n) is 6.17. The third kappa shape index (κ3) is 3.46. The number of halogens is 2. The molecule has 0 spiro atoms. The normalized spacial score (nSPS) is 10.6. The van der Waals surface area contributed by atoms with Crippen LogP contribution in [0.25, 0.3) is 0 Å². The molecule has 0 aliphatic heterocycles. The number of aromatic nitrogens is 2. The Morgan fingerprint density at radius 2 is 2.20 bits per heavy atom. The number of benzene rings is 1. The second kappa shape index (κ2) is 6.99. The Labute approximate surface area is 131 Å². The number of aryl methyl sites for hydroxylation is 1. The molecule has 1 heterocycles. The summed E-state index contributed by atoms with van der Waals surface area (Å²) in [5.74, 6) is 2.78. The third-order valence-corrected chi connectivity index (χ3v) is 3.83. The van der Waals surface area contributed by atoms with E-state index >= 15 is 0 Å². The molecule has 0 atom stereocenters. The first-order chi connectivity index (χ1) is 9.65. The Balaban J connectivity index is 2.07. The van der Waals surface area contributed by atoms with Crippen molar-refractivity contribution in [3.8, 4) is 11.5 Å². The lowest BCUT2D eigenvalue weighted by atomic mass is 10.2. The first kappa shape index (κ1) is 15.2. The minimum absolute atomic E-state index is 0.433. The molecule has 0 unspecified atom stereocenters. The Hall–Kier alpha value is -1.20. The number of hydrogen-bond acceptors (Lipinski definition) is 3. The van der Waals surface area contributed by atoms with E-state index in [0.29, 0.717) is 24.0 Å². The molecule has 0 saturated carbocycles. The average molecular weight is 360 g/mol. The van der Waals surface area contributed by atoms with Crippen LogP contribution < -0.4 is 9.47 Å². The summed E-state index contributed by atoms with van der Waals surface area (Å²) in [6.07, 6.45) is 4.43. The van der Waals surface area contributed by atoms with E-state index in [1.54, 1.807) is 13.3 Å². The van der Waals surface area contributed by atoms with Gasteiger partial charge in [0.1, 0.15) is 5.82 Å². The molecule has 0 aliphatic rings. The van der Waals surface area contributed by atoms with Gasteiger partial charge in [0.05, 0.1) is 18.2 Å². The van der Waals surface area contributed by atoms with E-state index in [2.05, 4.69) is 20.9 Å². The van der Waals surface area contributed by atoms with Crippen molar-refractivity contribution in [1.29, 1.82) is 0 Å². The van der Waals surface area contributed by atoms with Crippen molar-refractivity contribution in [3.63, 3.8) is 0 Å². The van der Waals surface area contributed by atoms with Crippen LogP contribution in [0.3, 0.4) is 0 Å². The summed E-state index contributed by atoms with van der Waals surface area (Å²) in [5, 5.41) is 0. The van der Waals surface area contributed by atoms with Gasteiger partial charge in [-0.2, -0.15) is 0 Å². The van der Waals surface area contributed by atoms with E-state index in [9.17, 15) is 0 Å². The fourth-order valence-corrected chi connectivity index (χ4v) is 2.63. The number of imidazole rings is 1. The van der Waals surface area contributed by atoms with E-state index < -0.39 is 0 Å². The van der Waals surface area contributed by atoms with Crippen LogP contribution in [0.1, 0.15) is 11.4 Å². The van der Waals surface area contributed by atoms with Gasteiger partial charge in [-0.3, -0.25) is 0 Å². The Kier molecular flexibility index (Phi) is 5.31. The summed E-state index contributed by atoms with van der Waals surface area (Å²) in [6.45, 7) is 0.528. The molecule has 20 heavy (non-hydrogen) atoms. The minimum Gasteiger partial charge on any atom is -0.493 e. The van der Waals surface area contributed by atoms with Crippen molar-refractivity contribution < 1.29 is 9.47 Å². The zero-order valence-electron chi connectivity index (χ0n) is 11.4. The molecule has 1 aromatic carbocycles. The topological polar surface area (TPSA) is 36.3 Å². The Bertz CT molecular complexity index is 587. The molecular weight excluding hydrogens is 344 g/mol. The van der Waals surface area contributed by atoms with Gasteiger partial charge >= 0.3 is 0 Å². The van der Waals surface area contributed by atoms with Gasteiger partial charge in [0.2, 0.25) is 0 Å². The molecule has 2 aromatic rings. The molecule has 108 valence electrons. The molecule has 0 saturated heterocycles. The molecule has 6 heteroatoms. The molecule has 4 nitrogen and oxygen atoms in total. The summed E-state index contributed by atoms with van der Waals surface area (Å²) < 4.78 is 14.0. The highest BCUT2D eigenvalue weighted by Gasteiger charge is 2.12. The average Bonchev–Trinajstić information content (AvgIpc) is 2.85. The Morgan fingerprint density at radius 1 is 1.40 bits per heavy atom. The molecule has 1 aromatic heterocycles. The number of rotatable bonds is 6. The van der Waals surface area contributed by atoms with Gasteiger partial charge in [0.15, 0.2) is 11.5 Å². The van der Waals surface area contributed by atoms with E-state index in [1.165, 1.54) is 0 Å². The monoisotopic (exact) mass is 358 g/mol. The predicted molar refractivity (Wildman–Crippen MR) is 82.7 cm³/mol. The molecule has 0 aliphatic carbocycles. The molecule has 0 fully saturated rings. The molecular formula is C14H16BrClN2O2. The van der Waals surface area contributed by atoms with Crippen LogP contribution >= 0.6 is 27.5 Å². The lowest BCUT2D eigenvalue weighted by Gasteiger charge is -2.13. The molecule has 2 rings (SSSR count). The summed E-state index contributed by atoms with van der Waals surface area (Å²) in [6, 6.07) is 3.82. The fraction of sp³-hybridized carbons (Fsp3) is 0.357. The van der Waals surface area contributed by atoms with E-state index in [-0.39, 0.29) is 0 Å². The van der Waals surface area contributed by atoms with Crippen molar-refractivity contribution in [1.82, 2.24) is 9.55 Å². The molecule has 0 bridgehead atoms. The third-order valence-electron chi connectivity index (χ3n) is 2.94. The zero-order chi connectivity index (χ0) is 14.5. The van der Waals surface area contributed by atoms with Gasteiger partial charge in [-0.05, 0) is 33.6 Å². The van der Waals surface area contributed by atoms with Crippen molar-refractivity contribution >= 4 is 27.5 Å². The van der Waals surface area contributed by atoms with Gasteiger partial charge < -0.3 is 14.0 Å². The fourth-order valence-electron chi connectivity index (χ4n) is 1.87. The van der Waals surface area contributed by atoms with Gasteiger partial charge in [0, 0.05) is 31.7 Å². The summed E-state index contributed by atoms with van der Waals surface area (Å²) in [7, 11) is 3.58. The second-order valence-electron chi connectivity index (χ2n) is 4.30. The zero-order valence-corrected chi connectivity index (χ0v) is 13.7. The van der Waals surface area contributed by atoms with Crippen LogP contribution in [0.2, 0.25) is 0 Å². The quantitative estimate of drug-likeness (QED) is 0.740. The summed E-state index contributed by atoms with van der Waals surface area (Å²) >= 11 is 9.33. The van der Waals surface area contributed by atoms with Crippen LogP contribution in [0.5, 0.6) is 11.5 Å². The SMILES string of the molecule is COc1cc(CCl)cc(Br)c1OCCc1nccn1C. The van der Waals surface area contributed by atoms with Gasteiger partial charge in [0.25, 0.3) is 0 Å². The van der Waals surface area contributed by atoms with E-state index in [4.69, 9.17) is 21.1 Å². The largest absolute Gasteiger partial charge is 0.493 e. The van der Waals surface area contributed by atoms with E-state index in [1.807, 2.05) is 29.9 Å². The van der Waals surface area contributed by atoms with Gasteiger partial charge in [-0.25, -0.2) is 4.98 Å². The van der Waals surface area contributed by atoms with Crippen LogP contribution in [0.15, 0.2) is 29.0 Å². The number of hydrogen-bond donors (Lipinski definition) is 0. The second-order valence-corrected chi connectivity index (χ2v) is 5.42. The molecule has 0 N–H and O–H groups in total. The highest BCUT2D eigenvalue weighted by molar-refractivity contribution is 9.10. The Morgan fingerprint density at radius 3 is 2.80 bits per heavy atom. The maximum Gasteiger partial charge on any atom is 0.175 e. The smallest absolute Gasteiger partial charge is 0.175 e. The van der Waals surface area contributed by atoms with Crippen molar-refractivity contribution in [3.05, 3.63) is 40.4 Å². The minimum atomic E-state index is 0.433. The molecule has 0 radical (unpaired) electrons. The highest BCUT2D eigenvalue weighted by Crippen LogP contribution is 2.37. The summed E-state index contributed by atoms with van der Waals surface area (Å²) in [4.78, 5) is 4.26. The highest BCUT2D eigenvalue weighted by atomic mass is 79.9. The van der Waals surface area contributed by atoms with Crippen LogP contribution in [0, 0.1) is 0 Å². The standard InChI is InChI=1S/C14H16BrClN2O2/c1-18-5-4-17-13(18)3-6-20-14-11(15)7-10(9-16)8-12(14)19-2/h4-5,7-8H,3,6,9H2,1-2H3. The van der Waals surface area contributed by atoms with Gasteiger partial charge in [-0.15, -0.1) is 11.6 Å². The van der Waals surface area contributed by atoms with E-state index in [0.717, 1.165) is 22.3 Å². The predicted octanol–water partition coefficient (Wildman–Crippen LogP) is 3.55. The van der Waals surface area contributed by atoms with Crippen molar-refractivity contribution in [2.45, 2.75) is 12.3 Å². The first-order valence-corrected chi connectivity index (χ1v) is 7.49. The number of ether oxygens (including phenoxy) is 2. The van der Waals surface area contributed by atoms with Crippen LogP contribution in [-0.2, 0) is 19.3 Å². The van der Waals surface area contributed by atoms with Crippen LogP contribution in [-0.4, -0.2) is 23.3 Å². The lowest BCUT2D eigenvalue weighted by Crippen LogP contribution is -2.07. The molecule has 0 amide bonds. The summed E-state index contributed by atoms with van der Waals surface area (Å²) in [5.41, 5.74) is 0.979. The van der Waals surface area contributed by atoms with Crippen LogP contribution in [0.4, 0.5) is 0 Å². The maximum absolute atomic E-state index is 5.84. The van der Waals surface area contributed by atoms with Crippen molar-refractivity contribution in [2.24, 2.45) is 7.05 Å². The maximum atomic E-state index is 5.84. The number of alkyl halides is 1. The number of methoxy groups -OCH3 is 1. The van der Waals surface area contributed by atoms with Crippen molar-refractivity contribution in [2.75, 3.05) is 13.7 Å². The lowest BCUT2D eigenvalue weighted by molar-refractivity contribution is 0.292. The number of nitrogens with zero attached hydrogens (tertiary/aromatic N) is 2.